The minimum absolute atomic E-state index is 0.0596. The number of aromatic nitrogens is 4. The van der Waals surface area contributed by atoms with Crippen LogP contribution in [0.15, 0.2) is 36.4 Å². The Kier molecular flexibility index (Phi) is 5.25. The van der Waals surface area contributed by atoms with Crippen LogP contribution in [0.1, 0.15) is 54.1 Å². The van der Waals surface area contributed by atoms with Gasteiger partial charge in [-0.05, 0) is 55.5 Å². The largest absolute Gasteiger partial charge is 0.494 e. The van der Waals surface area contributed by atoms with Crippen LogP contribution in [-0.4, -0.2) is 32.5 Å². The summed E-state index contributed by atoms with van der Waals surface area (Å²) in [6.07, 6.45) is 3.00. The fourth-order valence-corrected chi connectivity index (χ4v) is 4.41. The van der Waals surface area contributed by atoms with Crippen LogP contribution in [0.2, 0.25) is 0 Å². The van der Waals surface area contributed by atoms with Gasteiger partial charge < -0.3 is 10.1 Å². The predicted molar refractivity (Wildman–Crippen MR) is 124 cm³/mol. The molecule has 0 saturated heterocycles. The second-order valence-corrected chi connectivity index (χ2v) is 8.60. The van der Waals surface area contributed by atoms with E-state index in [2.05, 4.69) is 37.4 Å². The molecule has 1 aliphatic carbocycles. The van der Waals surface area contributed by atoms with Crippen LogP contribution in [0.4, 0.5) is 5.95 Å². The molecule has 32 heavy (non-hydrogen) atoms. The molecule has 1 N–H and O–H groups in total. The molecule has 1 unspecified atom stereocenters. The van der Waals surface area contributed by atoms with Crippen LogP contribution in [0.25, 0.3) is 16.6 Å². The average Bonchev–Trinajstić information content (AvgIpc) is 3.25. The van der Waals surface area contributed by atoms with Gasteiger partial charge in [-0.3, -0.25) is 4.79 Å². The number of ketones is 1. The Morgan fingerprint density at radius 1 is 1.16 bits per heavy atom. The first-order valence-corrected chi connectivity index (χ1v) is 11.1. The molecule has 0 bridgehead atoms. The molecule has 1 saturated carbocycles. The summed E-state index contributed by atoms with van der Waals surface area (Å²) in [4.78, 5) is 21.8. The van der Waals surface area contributed by atoms with E-state index in [9.17, 15) is 4.79 Å². The molecule has 2 aromatic heterocycles. The molecule has 1 fully saturated rings. The first-order chi connectivity index (χ1) is 15.5. The quantitative estimate of drug-likeness (QED) is 0.493. The SMILES string of the molecule is COc1cccc2c1nc(NCc1ccc(C)c(C)c1)n1nc(C3CCCC(=O)C3)nc21. The van der Waals surface area contributed by atoms with E-state index in [1.54, 1.807) is 11.6 Å². The van der Waals surface area contributed by atoms with E-state index in [-0.39, 0.29) is 11.7 Å². The Morgan fingerprint density at radius 3 is 2.81 bits per heavy atom. The third kappa shape index (κ3) is 3.68. The first-order valence-electron chi connectivity index (χ1n) is 11.1. The molecule has 2 aromatic carbocycles. The Labute approximate surface area is 186 Å². The van der Waals surface area contributed by atoms with Gasteiger partial charge in [0.1, 0.15) is 17.0 Å². The van der Waals surface area contributed by atoms with E-state index in [0.29, 0.717) is 36.9 Å². The molecular formula is C25H27N5O2. The van der Waals surface area contributed by atoms with Gasteiger partial charge in [0, 0.05) is 30.7 Å². The molecule has 2 heterocycles. The van der Waals surface area contributed by atoms with Crippen LogP contribution in [0.3, 0.4) is 0 Å². The van der Waals surface area contributed by atoms with Gasteiger partial charge in [0.15, 0.2) is 11.5 Å². The molecule has 0 radical (unpaired) electrons. The van der Waals surface area contributed by atoms with Crippen molar-refractivity contribution in [1.82, 2.24) is 19.6 Å². The fraction of sp³-hybridized carbons (Fsp3) is 0.360. The summed E-state index contributed by atoms with van der Waals surface area (Å²) < 4.78 is 7.34. The molecule has 164 valence electrons. The van der Waals surface area contributed by atoms with E-state index in [1.165, 1.54) is 16.7 Å². The zero-order valence-corrected chi connectivity index (χ0v) is 18.7. The van der Waals surface area contributed by atoms with Crippen molar-refractivity contribution in [2.45, 2.75) is 52.0 Å². The lowest BCUT2D eigenvalue weighted by Crippen LogP contribution is -2.14. The van der Waals surface area contributed by atoms with Gasteiger partial charge in [0.2, 0.25) is 5.95 Å². The average molecular weight is 430 g/mol. The smallest absolute Gasteiger partial charge is 0.226 e. The number of hydrogen-bond donors (Lipinski definition) is 1. The number of fused-ring (bicyclic) bond motifs is 3. The maximum atomic E-state index is 12.0. The zero-order chi connectivity index (χ0) is 22.2. The van der Waals surface area contributed by atoms with Gasteiger partial charge in [0.25, 0.3) is 0 Å². The Balaban J connectivity index is 1.60. The summed E-state index contributed by atoms with van der Waals surface area (Å²) in [6.45, 7) is 4.84. The van der Waals surface area contributed by atoms with Crippen molar-refractivity contribution in [3.05, 3.63) is 58.9 Å². The van der Waals surface area contributed by atoms with Crippen molar-refractivity contribution in [1.29, 1.82) is 0 Å². The van der Waals surface area contributed by atoms with E-state index >= 15 is 0 Å². The number of anilines is 1. The number of Topliss-reactive ketones (excluding diaryl/α,β-unsaturated/α-hetero) is 1. The maximum absolute atomic E-state index is 12.0. The first kappa shape index (κ1) is 20.4. The zero-order valence-electron chi connectivity index (χ0n) is 18.7. The minimum Gasteiger partial charge on any atom is -0.494 e. The number of carbonyl (C=O) groups is 1. The number of hydrogen-bond acceptors (Lipinski definition) is 6. The summed E-state index contributed by atoms with van der Waals surface area (Å²) >= 11 is 0. The lowest BCUT2D eigenvalue weighted by molar-refractivity contribution is -0.120. The van der Waals surface area contributed by atoms with Crippen molar-refractivity contribution in [2.75, 3.05) is 12.4 Å². The highest BCUT2D eigenvalue weighted by molar-refractivity contribution is 5.96. The number of nitrogens with zero attached hydrogens (tertiary/aromatic N) is 4. The van der Waals surface area contributed by atoms with Crippen LogP contribution < -0.4 is 10.1 Å². The third-order valence-corrected chi connectivity index (χ3v) is 6.37. The lowest BCUT2D eigenvalue weighted by Gasteiger charge is -2.17. The van der Waals surface area contributed by atoms with E-state index < -0.39 is 0 Å². The Morgan fingerprint density at radius 2 is 2.03 bits per heavy atom. The van der Waals surface area contributed by atoms with Crippen LogP contribution in [-0.2, 0) is 11.3 Å². The summed E-state index contributed by atoms with van der Waals surface area (Å²) in [6, 6.07) is 12.2. The van der Waals surface area contributed by atoms with Gasteiger partial charge in [0.05, 0.1) is 7.11 Å². The topological polar surface area (TPSA) is 81.4 Å². The summed E-state index contributed by atoms with van der Waals surface area (Å²) in [5, 5.41) is 9.13. The van der Waals surface area contributed by atoms with Crippen LogP contribution in [0.5, 0.6) is 5.75 Å². The molecular weight excluding hydrogens is 402 g/mol. The molecule has 5 rings (SSSR count). The number of ether oxygens (including phenoxy) is 1. The molecule has 0 aliphatic heterocycles. The molecule has 7 heteroatoms. The monoisotopic (exact) mass is 429 g/mol. The highest BCUT2D eigenvalue weighted by Gasteiger charge is 2.26. The fourth-order valence-electron chi connectivity index (χ4n) is 4.41. The molecule has 4 aromatic rings. The van der Waals surface area contributed by atoms with Crippen molar-refractivity contribution in [3.63, 3.8) is 0 Å². The molecule has 0 spiro atoms. The third-order valence-electron chi connectivity index (χ3n) is 6.37. The van der Waals surface area contributed by atoms with Gasteiger partial charge in [-0.2, -0.15) is 4.52 Å². The van der Waals surface area contributed by atoms with Crippen molar-refractivity contribution in [2.24, 2.45) is 0 Å². The highest BCUT2D eigenvalue weighted by atomic mass is 16.5. The number of rotatable bonds is 5. The van der Waals surface area contributed by atoms with E-state index in [0.717, 1.165) is 29.4 Å². The number of carbonyl (C=O) groups excluding carboxylic acids is 1. The molecule has 1 aliphatic rings. The van der Waals surface area contributed by atoms with Gasteiger partial charge in [-0.1, -0.05) is 24.3 Å². The number of para-hydroxylation sites is 1. The van der Waals surface area contributed by atoms with Gasteiger partial charge >= 0.3 is 0 Å². The van der Waals surface area contributed by atoms with Gasteiger partial charge in [-0.15, -0.1) is 5.10 Å². The summed E-state index contributed by atoms with van der Waals surface area (Å²) in [7, 11) is 1.64. The lowest BCUT2D eigenvalue weighted by atomic mass is 9.88. The summed E-state index contributed by atoms with van der Waals surface area (Å²) in [5.41, 5.74) is 5.16. The Hall–Kier alpha value is -3.48. The second-order valence-electron chi connectivity index (χ2n) is 8.60. The number of benzene rings is 2. The molecule has 7 nitrogen and oxygen atoms in total. The Bertz CT molecular complexity index is 1330. The number of aryl methyl sites for hydroxylation is 2. The predicted octanol–water partition coefficient (Wildman–Crippen LogP) is 4.74. The summed E-state index contributed by atoms with van der Waals surface area (Å²) in [5.74, 6) is 2.36. The van der Waals surface area contributed by atoms with Crippen LogP contribution in [0, 0.1) is 13.8 Å². The van der Waals surface area contributed by atoms with E-state index in [4.69, 9.17) is 19.8 Å². The normalized spacial score (nSPS) is 16.6. The second kappa shape index (κ2) is 8.22. The van der Waals surface area contributed by atoms with Crippen molar-refractivity contribution < 1.29 is 9.53 Å². The van der Waals surface area contributed by atoms with E-state index in [1.807, 2.05) is 18.2 Å². The molecule has 0 amide bonds. The van der Waals surface area contributed by atoms with Gasteiger partial charge in [-0.25, -0.2) is 9.97 Å². The van der Waals surface area contributed by atoms with Crippen LogP contribution >= 0.6 is 0 Å². The number of nitrogens with one attached hydrogen (secondary N) is 1. The molecule has 1 atom stereocenters. The standard InChI is InChI=1S/C25H27N5O2/c1-15-10-11-17(12-16(15)2)14-26-25-27-22-20(8-5-9-21(22)32-3)24-28-23(29-30(24)25)18-6-4-7-19(31)13-18/h5,8-12,18H,4,6-7,13-14H2,1-3H3,(H,26,27). The highest BCUT2D eigenvalue weighted by Crippen LogP contribution is 2.32. The van der Waals surface area contributed by atoms with Crippen molar-refractivity contribution >= 4 is 28.3 Å². The minimum atomic E-state index is 0.0596. The number of methoxy groups -OCH3 is 1. The van der Waals surface area contributed by atoms with Crippen molar-refractivity contribution in [3.8, 4) is 5.75 Å². The maximum Gasteiger partial charge on any atom is 0.226 e.